The lowest BCUT2D eigenvalue weighted by atomic mass is 10.1. The highest BCUT2D eigenvalue weighted by Gasteiger charge is 2.24. The number of hydrogen-bond acceptors (Lipinski definition) is 3. The van der Waals surface area contributed by atoms with Crippen LogP contribution < -0.4 is 0 Å². The summed E-state index contributed by atoms with van der Waals surface area (Å²) in [6.45, 7) is 4.13. The van der Waals surface area contributed by atoms with Gasteiger partial charge in [0.25, 0.3) is 5.91 Å². The Morgan fingerprint density at radius 1 is 1.32 bits per heavy atom. The van der Waals surface area contributed by atoms with Crippen LogP contribution >= 0.6 is 0 Å². The second kappa shape index (κ2) is 7.06. The SMILES string of the molecule is CCC(C)N(Cc1ccncc1)C(=O)c1ncc(F)cc1F. The summed E-state index contributed by atoms with van der Waals surface area (Å²) >= 11 is 0. The van der Waals surface area contributed by atoms with Gasteiger partial charge in [-0.1, -0.05) is 6.92 Å². The summed E-state index contributed by atoms with van der Waals surface area (Å²) in [6.07, 6.45) is 4.81. The quantitative estimate of drug-likeness (QED) is 0.852. The van der Waals surface area contributed by atoms with Crippen LogP contribution in [0.3, 0.4) is 0 Å². The van der Waals surface area contributed by atoms with Gasteiger partial charge in [-0.25, -0.2) is 13.8 Å². The number of pyridine rings is 2. The molecule has 0 aromatic carbocycles. The molecule has 2 heterocycles. The molecule has 2 aromatic heterocycles. The number of carbonyl (C=O) groups excluding carboxylic acids is 1. The van der Waals surface area contributed by atoms with Crippen LogP contribution in [0.4, 0.5) is 8.78 Å². The molecule has 2 aromatic rings. The van der Waals surface area contributed by atoms with Gasteiger partial charge in [0.15, 0.2) is 11.5 Å². The molecule has 0 aliphatic carbocycles. The van der Waals surface area contributed by atoms with Gasteiger partial charge in [-0.05, 0) is 31.0 Å². The van der Waals surface area contributed by atoms with E-state index in [1.807, 2.05) is 13.8 Å². The molecule has 1 unspecified atom stereocenters. The molecular weight excluding hydrogens is 288 g/mol. The monoisotopic (exact) mass is 305 g/mol. The first-order valence-corrected chi connectivity index (χ1v) is 7.03. The van der Waals surface area contributed by atoms with Gasteiger partial charge in [0, 0.05) is 31.0 Å². The van der Waals surface area contributed by atoms with Crippen LogP contribution in [0.15, 0.2) is 36.8 Å². The highest BCUT2D eigenvalue weighted by Crippen LogP contribution is 2.16. The Morgan fingerprint density at radius 2 is 2.00 bits per heavy atom. The van der Waals surface area contributed by atoms with E-state index in [9.17, 15) is 13.6 Å². The summed E-state index contributed by atoms with van der Waals surface area (Å²) < 4.78 is 26.8. The standard InChI is InChI=1S/C16H17F2N3O/c1-3-11(2)21(10-12-4-6-19-7-5-12)16(22)15-14(18)8-13(17)9-20-15/h4-9,11H,3,10H2,1-2H3. The molecule has 0 fully saturated rings. The maximum Gasteiger partial charge on any atom is 0.276 e. The molecule has 0 saturated carbocycles. The van der Waals surface area contributed by atoms with E-state index in [1.165, 1.54) is 4.90 Å². The highest BCUT2D eigenvalue weighted by atomic mass is 19.1. The molecule has 6 heteroatoms. The topological polar surface area (TPSA) is 46.1 Å². The fourth-order valence-corrected chi connectivity index (χ4v) is 2.04. The smallest absolute Gasteiger partial charge is 0.276 e. The minimum Gasteiger partial charge on any atom is -0.330 e. The van der Waals surface area contributed by atoms with Crippen LogP contribution in [0.5, 0.6) is 0 Å². The maximum atomic E-state index is 13.8. The summed E-state index contributed by atoms with van der Waals surface area (Å²) in [5.74, 6) is -2.31. The molecule has 0 aliphatic heterocycles. The van der Waals surface area contributed by atoms with E-state index in [0.717, 1.165) is 11.8 Å². The Morgan fingerprint density at radius 3 is 2.59 bits per heavy atom. The Kier molecular flexibility index (Phi) is 5.14. The van der Waals surface area contributed by atoms with Crippen molar-refractivity contribution < 1.29 is 13.6 Å². The summed E-state index contributed by atoms with van der Waals surface area (Å²) in [5.41, 5.74) is 0.516. The van der Waals surface area contributed by atoms with Crippen LogP contribution in [0, 0.1) is 11.6 Å². The van der Waals surface area contributed by atoms with Crippen molar-refractivity contribution in [1.82, 2.24) is 14.9 Å². The Bertz CT molecular complexity index is 649. The van der Waals surface area contributed by atoms with Crippen molar-refractivity contribution in [3.05, 3.63) is 59.7 Å². The Balaban J connectivity index is 2.30. The number of hydrogen-bond donors (Lipinski definition) is 0. The average Bonchev–Trinajstić information content (AvgIpc) is 2.52. The molecular formula is C16H17F2N3O. The fraction of sp³-hybridized carbons (Fsp3) is 0.312. The van der Waals surface area contributed by atoms with E-state index in [-0.39, 0.29) is 11.7 Å². The van der Waals surface area contributed by atoms with Gasteiger partial charge in [-0.3, -0.25) is 9.78 Å². The second-order valence-electron chi connectivity index (χ2n) is 5.03. The molecule has 1 atom stereocenters. The van der Waals surface area contributed by atoms with E-state index in [1.54, 1.807) is 24.5 Å². The van der Waals surface area contributed by atoms with Gasteiger partial charge in [-0.15, -0.1) is 0 Å². The highest BCUT2D eigenvalue weighted by molar-refractivity contribution is 5.92. The first-order valence-electron chi connectivity index (χ1n) is 7.03. The number of amides is 1. The zero-order valence-corrected chi connectivity index (χ0v) is 12.5. The second-order valence-corrected chi connectivity index (χ2v) is 5.03. The minimum atomic E-state index is -0.951. The van der Waals surface area contributed by atoms with Crippen molar-refractivity contribution >= 4 is 5.91 Å². The number of carbonyl (C=O) groups is 1. The van der Waals surface area contributed by atoms with Crippen molar-refractivity contribution in [2.24, 2.45) is 0 Å². The van der Waals surface area contributed by atoms with Crippen LogP contribution in [0.1, 0.15) is 36.3 Å². The molecule has 22 heavy (non-hydrogen) atoms. The van der Waals surface area contributed by atoms with Crippen LogP contribution in [-0.2, 0) is 6.54 Å². The fourth-order valence-electron chi connectivity index (χ4n) is 2.04. The molecule has 0 saturated heterocycles. The maximum absolute atomic E-state index is 13.8. The van der Waals surface area contributed by atoms with Crippen molar-refractivity contribution in [2.75, 3.05) is 0 Å². The summed E-state index contributed by atoms with van der Waals surface area (Å²) in [6, 6.07) is 4.14. The predicted octanol–water partition coefficient (Wildman–Crippen LogP) is 3.20. The molecule has 0 aliphatic rings. The number of nitrogens with zero attached hydrogens (tertiary/aromatic N) is 3. The first-order chi connectivity index (χ1) is 10.5. The summed E-state index contributed by atoms with van der Waals surface area (Å²) in [7, 11) is 0. The lowest BCUT2D eigenvalue weighted by Gasteiger charge is -2.28. The summed E-state index contributed by atoms with van der Waals surface area (Å²) in [4.78, 5) is 21.6. The normalized spacial score (nSPS) is 12.0. The predicted molar refractivity (Wildman–Crippen MR) is 78.0 cm³/mol. The molecule has 0 spiro atoms. The van der Waals surface area contributed by atoms with Crippen LogP contribution in [-0.4, -0.2) is 26.8 Å². The third-order valence-electron chi connectivity index (χ3n) is 3.50. The van der Waals surface area contributed by atoms with Gasteiger partial charge in [-0.2, -0.15) is 0 Å². The van der Waals surface area contributed by atoms with E-state index in [0.29, 0.717) is 19.0 Å². The molecule has 4 nitrogen and oxygen atoms in total. The molecule has 0 bridgehead atoms. The summed E-state index contributed by atoms with van der Waals surface area (Å²) in [5, 5.41) is 0. The van der Waals surface area contributed by atoms with Crippen molar-refractivity contribution in [1.29, 1.82) is 0 Å². The van der Waals surface area contributed by atoms with Gasteiger partial charge in [0.2, 0.25) is 0 Å². The molecule has 2 rings (SSSR count). The zero-order chi connectivity index (χ0) is 16.1. The zero-order valence-electron chi connectivity index (χ0n) is 12.5. The lowest BCUT2D eigenvalue weighted by Crippen LogP contribution is -2.38. The molecule has 1 amide bonds. The van der Waals surface area contributed by atoms with Crippen molar-refractivity contribution in [2.45, 2.75) is 32.9 Å². The van der Waals surface area contributed by atoms with E-state index in [4.69, 9.17) is 0 Å². The van der Waals surface area contributed by atoms with Gasteiger partial charge in [0.1, 0.15) is 5.82 Å². The number of aromatic nitrogens is 2. The average molecular weight is 305 g/mol. The van der Waals surface area contributed by atoms with Crippen LogP contribution in [0.25, 0.3) is 0 Å². The number of rotatable bonds is 5. The molecule has 0 radical (unpaired) electrons. The van der Waals surface area contributed by atoms with Gasteiger partial charge < -0.3 is 4.90 Å². The van der Waals surface area contributed by atoms with Gasteiger partial charge >= 0.3 is 0 Å². The Labute approximate surface area is 127 Å². The van der Waals surface area contributed by atoms with Gasteiger partial charge in [0.05, 0.1) is 6.20 Å². The first kappa shape index (κ1) is 16.0. The minimum absolute atomic E-state index is 0.105. The largest absolute Gasteiger partial charge is 0.330 e. The van der Waals surface area contributed by atoms with Crippen molar-refractivity contribution in [3.63, 3.8) is 0 Å². The lowest BCUT2D eigenvalue weighted by molar-refractivity contribution is 0.0660. The Hall–Kier alpha value is -2.37. The molecule has 116 valence electrons. The van der Waals surface area contributed by atoms with E-state index < -0.39 is 17.5 Å². The third kappa shape index (κ3) is 3.63. The number of halogens is 2. The van der Waals surface area contributed by atoms with Crippen molar-refractivity contribution in [3.8, 4) is 0 Å². The van der Waals surface area contributed by atoms with Crippen LogP contribution in [0.2, 0.25) is 0 Å². The van der Waals surface area contributed by atoms with E-state index in [2.05, 4.69) is 9.97 Å². The molecule has 0 N–H and O–H groups in total. The van der Waals surface area contributed by atoms with E-state index >= 15 is 0 Å². The third-order valence-corrected chi connectivity index (χ3v) is 3.50.